The third kappa shape index (κ3) is 4.43. The van der Waals surface area contributed by atoms with Gasteiger partial charge < -0.3 is 5.32 Å². The van der Waals surface area contributed by atoms with Crippen molar-refractivity contribution < 1.29 is 4.79 Å². The van der Waals surface area contributed by atoms with Gasteiger partial charge in [-0.1, -0.05) is 44.2 Å². The maximum Gasteiger partial charge on any atom is 0.254 e. The minimum atomic E-state index is -0.00534. The van der Waals surface area contributed by atoms with Crippen LogP contribution in [0.3, 0.4) is 0 Å². The topological polar surface area (TPSA) is 46.9 Å². The maximum absolute atomic E-state index is 12.7. The number of benzene rings is 1. The van der Waals surface area contributed by atoms with E-state index in [0.717, 1.165) is 30.8 Å². The zero-order chi connectivity index (χ0) is 17.6. The molecule has 1 aromatic carbocycles. The van der Waals surface area contributed by atoms with Crippen LogP contribution in [0.5, 0.6) is 0 Å². The van der Waals surface area contributed by atoms with Crippen molar-refractivity contribution in [2.75, 3.05) is 6.54 Å². The van der Waals surface area contributed by atoms with E-state index >= 15 is 0 Å². The lowest BCUT2D eigenvalue weighted by molar-refractivity contribution is 0.0942. The molecule has 3 rings (SSSR count). The molecular weight excluding hydrogens is 334 g/mol. The Bertz CT molecular complexity index is 702. The number of carbonyl (C=O) groups excluding carboxylic acids is 1. The van der Waals surface area contributed by atoms with Crippen molar-refractivity contribution in [2.24, 2.45) is 5.92 Å². The minimum absolute atomic E-state index is 0.00534. The summed E-state index contributed by atoms with van der Waals surface area (Å²) in [6, 6.07) is 7.55. The number of halogens is 1. The number of nitrogens with zero attached hydrogens (tertiary/aromatic N) is 2. The maximum atomic E-state index is 12.7. The van der Waals surface area contributed by atoms with Crippen LogP contribution in [0.25, 0.3) is 5.69 Å². The Morgan fingerprint density at radius 3 is 2.64 bits per heavy atom. The molecule has 1 aromatic heterocycles. The summed E-state index contributed by atoms with van der Waals surface area (Å²) in [6.07, 6.45) is 9.83. The van der Waals surface area contributed by atoms with Crippen molar-refractivity contribution >= 4 is 17.5 Å². The molecule has 0 saturated heterocycles. The van der Waals surface area contributed by atoms with Gasteiger partial charge in [-0.3, -0.25) is 4.79 Å². The number of hydrogen-bond donors (Lipinski definition) is 1. The van der Waals surface area contributed by atoms with Crippen LogP contribution in [0, 0.1) is 5.92 Å². The standard InChI is InChI=1S/C20H26ClN3O/c1-2-6-19-18(20(25)22-13-15-7-4-3-5-8-15)14-23-24(19)17-11-9-16(21)10-12-17/h9-12,14-15H,2-8,13H2,1H3,(H,22,25). The summed E-state index contributed by atoms with van der Waals surface area (Å²) >= 11 is 5.98. The number of rotatable bonds is 6. The molecule has 1 heterocycles. The molecule has 1 amide bonds. The molecule has 2 aromatic rings. The zero-order valence-corrected chi connectivity index (χ0v) is 15.6. The van der Waals surface area contributed by atoms with E-state index in [0.29, 0.717) is 16.5 Å². The first kappa shape index (κ1) is 18.0. The smallest absolute Gasteiger partial charge is 0.254 e. The van der Waals surface area contributed by atoms with Gasteiger partial charge in [0.2, 0.25) is 0 Å². The first-order valence-electron chi connectivity index (χ1n) is 9.30. The molecule has 25 heavy (non-hydrogen) atoms. The minimum Gasteiger partial charge on any atom is -0.352 e. The summed E-state index contributed by atoms with van der Waals surface area (Å²) in [5, 5.41) is 8.28. The van der Waals surface area contributed by atoms with Crippen LogP contribution >= 0.6 is 11.6 Å². The zero-order valence-electron chi connectivity index (χ0n) is 14.8. The van der Waals surface area contributed by atoms with Crippen LogP contribution in [0.2, 0.25) is 5.02 Å². The predicted molar refractivity (Wildman–Crippen MR) is 101 cm³/mol. The summed E-state index contributed by atoms with van der Waals surface area (Å²) in [4.78, 5) is 12.7. The normalized spacial score (nSPS) is 15.3. The molecule has 0 unspecified atom stereocenters. The molecule has 4 nitrogen and oxygen atoms in total. The third-order valence-corrected chi connectivity index (χ3v) is 5.20. The lowest BCUT2D eigenvalue weighted by Gasteiger charge is -2.21. The largest absolute Gasteiger partial charge is 0.352 e. The van der Waals surface area contributed by atoms with Gasteiger partial charge in [0.25, 0.3) is 5.91 Å². The van der Waals surface area contributed by atoms with E-state index in [4.69, 9.17) is 11.6 Å². The summed E-state index contributed by atoms with van der Waals surface area (Å²) in [7, 11) is 0. The third-order valence-electron chi connectivity index (χ3n) is 4.95. The van der Waals surface area contributed by atoms with Gasteiger partial charge in [0.15, 0.2) is 0 Å². The Hall–Kier alpha value is -1.81. The van der Waals surface area contributed by atoms with Crippen molar-refractivity contribution in [1.29, 1.82) is 0 Å². The Balaban J connectivity index is 1.76. The Morgan fingerprint density at radius 1 is 1.24 bits per heavy atom. The number of amides is 1. The Morgan fingerprint density at radius 2 is 1.96 bits per heavy atom. The van der Waals surface area contributed by atoms with Gasteiger partial charge in [0.05, 0.1) is 23.1 Å². The fourth-order valence-corrected chi connectivity index (χ4v) is 3.70. The average molecular weight is 360 g/mol. The van der Waals surface area contributed by atoms with Crippen LogP contribution in [0.4, 0.5) is 0 Å². The molecular formula is C20H26ClN3O. The summed E-state index contributed by atoms with van der Waals surface area (Å²) in [5.41, 5.74) is 2.58. The van der Waals surface area contributed by atoms with Gasteiger partial charge in [-0.05, 0) is 49.4 Å². The highest BCUT2D eigenvalue weighted by Crippen LogP contribution is 2.23. The van der Waals surface area contributed by atoms with E-state index in [9.17, 15) is 4.79 Å². The molecule has 1 aliphatic rings. The molecule has 1 fully saturated rings. The van der Waals surface area contributed by atoms with E-state index in [-0.39, 0.29) is 5.91 Å². The summed E-state index contributed by atoms with van der Waals surface area (Å²) in [6.45, 7) is 2.89. The predicted octanol–water partition coefficient (Wildman–Crippen LogP) is 4.79. The average Bonchev–Trinajstić information content (AvgIpc) is 3.05. The molecule has 0 bridgehead atoms. The number of hydrogen-bond acceptors (Lipinski definition) is 2. The lowest BCUT2D eigenvalue weighted by Crippen LogP contribution is -2.30. The first-order chi connectivity index (χ1) is 12.2. The Labute approximate surface area is 154 Å². The highest BCUT2D eigenvalue weighted by atomic mass is 35.5. The number of nitrogens with one attached hydrogen (secondary N) is 1. The second-order valence-corrected chi connectivity index (χ2v) is 7.29. The van der Waals surface area contributed by atoms with Gasteiger partial charge in [-0.2, -0.15) is 5.10 Å². The molecule has 0 spiro atoms. The lowest BCUT2D eigenvalue weighted by atomic mass is 9.89. The van der Waals surface area contributed by atoms with E-state index < -0.39 is 0 Å². The molecule has 0 atom stereocenters. The fraction of sp³-hybridized carbons (Fsp3) is 0.500. The van der Waals surface area contributed by atoms with Crippen LogP contribution in [-0.4, -0.2) is 22.2 Å². The van der Waals surface area contributed by atoms with Gasteiger partial charge in [-0.25, -0.2) is 4.68 Å². The highest BCUT2D eigenvalue weighted by molar-refractivity contribution is 6.30. The van der Waals surface area contributed by atoms with E-state index in [1.807, 2.05) is 28.9 Å². The number of aromatic nitrogens is 2. The molecule has 134 valence electrons. The van der Waals surface area contributed by atoms with Gasteiger partial charge in [-0.15, -0.1) is 0 Å². The van der Waals surface area contributed by atoms with Crippen molar-refractivity contribution in [3.8, 4) is 5.69 Å². The van der Waals surface area contributed by atoms with Crippen molar-refractivity contribution in [1.82, 2.24) is 15.1 Å². The van der Waals surface area contributed by atoms with Gasteiger partial charge in [0.1, 0.15) is 0 Å². The monoisotopic (exact) mass is 359 g/mol. The van der Waals surface area contributed by atoms with Crippen LogP contribution in [0.15, 0.2) is 30.5 Å². The van der Waals surface area contributed by atoms with Crippen LogP contribution in [0.1, 0.15) is 61.5 Å². The van der Waals surface area contributed by atoms with Crippen LogP contribution in [-0.2, 0) is 6.42 Å². The van der Waals surface area contributed by atoms with Gasteiger partial charge >= 0.3 is 0 Å². The van der Waals surface area contributed by atoms with E-state index in [2.05, 4.69) is 17.3 Å². The van der Waals surface area contributed by atoms with Crippen molar-refractivity contribution in [3.05, 3.63) is 46.7 Å². The molecule has 1 aliphatic carbocycles. The van der Waals surface area contributed by atoms with Crippen LogP contribution < -0.4 is 5.32 Å². The second kappa shape index (κ2) is 8.52. The summed E-state index contributed by atoms with van der Waals surface area (Å²) in [5.74, 6) is 0.618. The Kier molecular flexibility index (Phi) is 6.14. The quantitative estimate of drug-likeness (QED) is 0.806. The van der Waals surface area contributed by atoms with Gasteiger partial charge in [0, 0.05) is 11.6 Å². The SMILES string of the molecule is CCCc1c(C(=O)NCC2CCCCC2)cnn1-c1ccc(Cl)cc1. The van der Waals surface area contributed by atoms with Crippen molar-refractivity contribution in [3.63, 3.8) is 0 Å². The fourth-order valence-electron chi connectivity index (χ4n) is 3.57. The number of carbonyl (C=O) groups is 1. The molecule has 1 saturated carbocycles. The molecule has 1 N–H and O–H groups in total. The van der Waals surface area contributed by atoms with Crippen molar-refractivity contribution in [2.45, 2.75) is 51.9 Å². The molecule has 5 heteroatoms. The molecule has 0 aliphatic heterocycles. The second-order valence-electron chi connectivity index (χ2n) is 6.86. The van der Waals surface area contributed by atoms with E-state index in [1.54, 1.807) is 6.20 Å². The molecule has 0 radical (unpaired) electrons. The van der Waals surface area contributed by atoms with E-state index in [1.165, 1.54) is 32.1 Å². The first-order valence-corrected chi connectivity index (χ1v) is 9.68. The highest BCUT2D eigenvalue weighted by Gasteiger charge is 2.20. The summed E-state index contributed by atoms with van der Waals surface area (Å²) < 4.78 is 1.86.